The van der Waals surface area contributed by atoms with Gasteiger partial charge in [0.1, 0.15) is 5.78 Å². The molecule has 1 saturated heterocycles. The summed E-state index contributed by atoms with van der Waals surface area (Å²) in [4.78, 5) is 27.0. The van der Waals surface area contributed by atoms with Crippen molar-refractivity contribution in [1.29, 1.82) is 0 Å². The highest BCUT2D eigenvalue weighted by Crippen LogP contribution is 2.17. The number of benzene rings is 1. The Kier molecular flexibility index (Phi) is 5.47. The number of rotatable bonds is 4. The van der Waals surface area contributed by atoms with Crippen molar-refractivity contribution in [3.05, 3.63) is 41.1 Å². The number of carbonyl (C=O) groups excluding carboxylic acids is 2. The van der Waals surface area contributed by atoms with Crippen LogP contribution in [0, 0.1) is 11.6 Å². The Morgan fingerprint density at radius 2 is 1.87 bits per heavy atom. The van der Waals surface area contributed by atoms with E-state index in [4.69, 9.17) is 0 Å². The molecule has 23 heavy (non-hydrogen) atoms. The molecule has 1 aliphatic heterocycles. The molecular formula is C17H20F2N2O2. The van der Waals surface area contributed by atoms with E-state index >= 15 is 0 Å². The maximum atomic E-state index is 13.3. The van der Waals surface area contributed by atoms with Gasteiger partial charge in [0.25, 0.3) is 0 Å². The third-order valence-corrected chi connectivity index (χ3v) is 3.86. The van der Waals surface area contributed by atoms with E-state index in [1.165, 1.54) is 6.07 Å². The van der Waals surface area contributed by atoms with Gasteiger partial charge in [0, 0.05) is 45.7 Å². The number of amides is 1. The van der Waals surface area contributed by atoms with E-state index in [1.807, 2.05) is 0 Å². The predicted octanol–water partition coefficient (Wildman–Crippen LogP) is 2.45. The minimum Gasteiger partial charge on any atom is -0.381 e. The fraction of sp³-hybridized carbons (Fsp3) is 0.412. The van der Waals surface area contributed by atoms with E-state index in [1.54, 1.807) is 30.0 Å². The van der Waals surface area contributed by atoms with Crippen molar-refractivity contribution in [2.75, 3.05) is 27.2 Å². The van der Waals surface area contributed by atoms with Gasteiger partial charge in [0.2, 0.25) is 5.91 Å². The number of hydrogen-bond acceptors (Lipinski definition) is 3. The zero-order valence-corrected chi connectivity index (χ0v) is 13.3. The smallest absolute Gasteiger partial charge is 0.228 e. The molecule has 1 amide bonds. The molecule has 1 aliphatic rings. The first-order valence-electron chi connectivity index (χ1n) is 7.49. The first-order chi connectivity index (χ1) is 10.9. The van der Waals surface area contributed by atoms with Crippen molar-refractivity contribution in [2.45, 2.75) is 19.3 Å². The first kappa shape index (κ1) is 17.1. The number of halogens is 2. The molecule has 0 atom stereocenters. The molecule has 6 heteroatoms. The number of likely N-dealkylation sites (tertiary alicyclic amines) is 1. The van der Waals surface area contributed by atoms with Gasteiger partial charge in [-0.2, -0.15) is 0 Å². The minimum atomic E-state index is -0.919. The molecule has 0 aliphatic carbocycles. The SMILES string of the molecule is CN(C)/C(=C/c1ccc(F)c(F)c1)CC(=O)N1CCC(=O)CC1. The third-order valence-electron chi connectivity index (χ3n) is 3.86. The van der Waals surface area contributed by atoms with E-state index in [0.717, 1.165) is 12.1 Å². The molecule has 1 heterocycles. The van der Waals surface area contributed by atoms with E-state index in [2.05, 4.69) is 0 Å². The summed E-state index contributed by atoms with van der Waals surface area (Å²) in [7, 11) is 3.58. The second kappa shape index (κ2) is 7.35. The van der Waals surface area contributed by atoms with Gasteiger partial charge in [-0.3, -0.25) is 9.59 Å². The lowest BCUT2D eigenvalue weighted by atomic mass is 10.1. The minimum absolute atomic E-state index is 0.0694. The van der Waals surface area contributed by atoms with E-state index in [9.17, 15) is 18.4 Å². The summed E-state index contributed by atoms with van der Waals surface area (Å²) in [6, 6.07) is 3.63. The predicted molar refractivity (Wildman–Crippen MR) is 83.5 cm³/mol. The number of ketones is 1. The van der Waals surface area contributed by atoms with Crippen LogP contribution in [-0.4, -0.2) is 48.7 Å². The number of piperidine rings is 1. The topological polar surface area (TPSA) is 40.6 Å². The summed E-state index contributed by atoms with van der Waals surface area (Å²) in [5.41, 5.74) is 1.19. The van der Waals surface area contributed by atoms with Gasteiger partial charge < -0.3 is 9.80 Å². The van der Waals surface area contributed by atoms with Crippen LogP contribution in [0.5, 0.6) is 0 Å². The van der Waals surface area contributed by atoms with Crippen LogP contribution < -0.4 is 0 Å². The summed E-state index contributed by atoms with van der Waals surface area (Å²) in [6.45, 7) is 0.896. The van der Waals surface area contributed by atoms with Crippen molar-refractivity contribution in [1.82, 2.24) is 9.80 Å². The van der Waals surface area contributed by atoms with Crippen LogP contribution in [0.2, 0.25) is 0 Å². The molecular weight excluding hydrogens is 302 g/mol. The van der Waals surface area contributed by atoms with E-state index in [0.29, 0.717) is 37.2 Å². The largest absolute Gasteiger partial charge is 0.381 e. The Labute approximate surface area is 134 Å². The summed E-state index contributed by atoms with van der Waals surface area (Å²) in [6.07, 6.45) is 2.61. The lowest BCUT2D eigenvalue weighted by Gasteiger charge is -2.27. The maximum Gasteiger partial charge on any atom is 0.228 e. The molecule has 0 saturated carbocycles. The van der Waals surface area contributed by atoms with Gasteiger partial charge in [-0.15, -0.1) is 0 Å². The molecule has 0 unspecified atom stereocenters. The quantitative estimate of drug-likeness (QED) is 0.855. The van der Waals surface area contributed by atoms with E-state index < -0.39 is 11.6 Å². The molecule has 1 aromatic rings. The highest BCUT2D eigenvalue weighted by Gasteiger charge is 2.21. The molecule has 2 rings (SSSR count). The molecule has 4 nitrogen and oxygen atoms in total. The highest BCUT2D eigenvalue weighted by atomic mass is 19.2. The van der Waals surface area contributed by atoms with Crippen LogP contribution in [0.25, 0.3) is 6.08 Å². The van der Waals surface area contributed by atoms with Gasteiger partial charge in [0.15, 0.2) is 11.6 Å². The Bertz CT molecular complexity index is 631. The monoisotopic (exact) mass is 322 g/mol. The number of carbonyl (C=O) groups is 2. The average Bonchev–Trinajstić information content (AvgIpc) is 2.50. The molecule has 0 bridgehead atoms. The van der Waals surface area contributed by atoms with Gasteiger partial charge in [0.05, 0.1) is 6.42 Å². The van der Waals surface area contributed by atoms with Crippen LogP contribution in [0.3, 0.4) is 0 Å². The first-order valence-corrected chi connectivity index (χ1v) is 7.49. The maximum absolute atomic E-state index is 13.3. The Morgan fingerprint density at radius 1 is 1.22 bits per heavy atom. The normalized spacial score (nSPS) is 15.7. The molecule has 0 N–H and O–H groups in total. The van der Waals surface area contributed by atoms with Crippen molar-refractivity contribution in [3.63, 3.8) is 0 Å². The molecule has 0 radical (unpaired) electrons. The molecule has 1 aromatic carbocycles. The third kappa shape index (κ3) is 4.61. The number of hydrogen-bond donors (Lipinski definition) is 0. The molecule has 0 aromatic heterocycles. The van der Waals surface area contributed by atoms with Gasteiger partial charge >= 0.3 is 0 Å². The fourth-order valence-electron chi connectivity index (χ4n) is 2.41. The van der Waals surface area contributed by atoms with Crippen molar-refractivity contribution in [2.24, 2.45) is 0 Å². The van der Waals surface area contributed by atoms with Gasteiger partial charge in [-0.25, -0.2) is 8.78 Å². The summed E-state index contributed by atoms with van der Waals surface area (Å²) >= 11 is 0. The van der Waals surface area contributed by atoms with Crippen molar-refractivity contribution >= 4 is 17.8 Å². The summed E-state index contributed by atoms with van der Waals surface area (Å²) in [5.74, 6) is -1.71. The van der Waals surface area contributed by atoms with Crippen LogP contribution >= 0.6 is 0 Å². The summed E-state index contributed by atoms with van der Waals surface area (Å²) < 4.78 is 26.3. The van der Waals surface area contributed by atoms with Crippen molar-refractivity contribution < 1.29 is 18.4 Å². The second-order valence-corrected chi connectivity index (χ2v) is 5.80. The van der Waals surface area contributed by atoms with Gasteiger partial charge in [-0.05, 0) is 23.8 Å². The lowest BCUT2D eigenvalue weighted by Crippen LogP contribution is -2.39. The van der Waals surface area contributed by atoms with Gasteiger partial charge in [-0.1, -0.05) is 6.07 Å². The zero-order chi connectivity index (χ0) is 17.0. The van der Waals surface area contributed by atoms with Crippen LogP contribution in [-0.2, 0) is 9.59 Å². The molecule has 124 valence electrons. The average molecular weight is 322 g/mol. The Hall–Kier alpha value is -2.24. The molecule has 0 spiro atoms. The zero-order valence-electron chi connectivity index (χ0n) is 13.3. The van der Waals surface area contributed by atoms with Crippen LogP contribution in [0.4, 0.5) is 8.78 Å². The number of nitrogens with zero attached hydrogens (tertiary/aromatic N) is 2. The lowest BCUT2D eigenvalue weighted by molar-refractivity contribution is -0.134. The highest BCUT2D eigenvalue weighted by molar-refractivity contribution is 5.84. The van der Waals surface area contributed by atoms with E-state index in [-0.39, 0.29) is 18.1 Å². The van der Waals surface area contributed by atoms with Crippen LogP contribution in [0.1, 0.15) is 24.8 Å². The van der Waals surface area contributed by atoms with Crippen LogP contribution in [0.15, 0.2) is 23.9 Å². The van der Waals surface area contributed by atoms with Crippen molar-refractivity contribution in [3.8, 4) is 0 Å². The standard InChI is InChI=1S/C17H20F2N2O2/c1-20(2)13(9-12-3-4-15(18)16(19)10-12)11-17(23)21-7-5-14(22)6-8-21/h3-4,9-10H,5-8,11H2,1-2H3/b13-9+. The number of Topliss-reactive ketones (excluding diaryl/α,β-unsaturated/α-hetero) is 1. The summed E-state index contributed by atoms with van der Waals surface area (Å²) in [5, 5.41) is 0. The fourth-order valence-corrected chi connectivity index (χ4v) is 2.41. The Balaban J connectivity index is 2.11. The Morgan fingerprint density at radius 3 is 2.43 bits per heavy atom. The second-order valence-electron chi connectivity index (χ2n) is 5.80. The molecule has 1 fully saturated rings.